The van der Waals surface area contributed by atoms with E-state index in [1.165, 1.54) is 54.9 Å². The summed E-state index contributed by atoms with van der Waals surface area (Å²) in [6.07, 6.45) is 8.77. The smallest absolute Gasteiger partial charge is 0.331 e. The van der Waals surface area contributed by atoms with Crippen molar-refractivity contribution in [2.24, 2.45) is 0 Å². The van der Waals surface area contributed by atoms with Gasteiger partial charge in [0.05, 0.1) is 0 Å². The van der Waals surface area contributed by atoms with Gasteiger partial charge < -0.3 is 4.74 Å². The van der Waals surface area contributed by atoms with Crippen LogP contribution in [0.1, 0.15) is 55.6 Å². The fourth-order valence-corrected chi connectivity index (χ4v) is 9.02. The fourth-order valence-electron chi connectivity index (χ4n) is 4.70. The van der Waals surface area contributed by atoms with Gasteiger partial charge in [0.2, 0.25) is 0 Å². The van der Waals surface area contributed by atoms with Crippen molar-refractivity contribution >= 4 is 26.4 Å². The Bertz CT molecular complexity index is 582. The van der Waals surface area contributed by atoms with Gasteiger partial charge in [-0.15, -0.1) is 0 Å². The fraction of sp³-hybridized carbons (Fsp3) is 0.571. The van der Waals surface area contributed by atoms with Crippen LogP contribution in [0.3, 0.4) is 0 Å². The predicted octanol–water partition coefficient (Wildman–Crippen LogP) is 5.71. The molecule has 1 aromatic rings. The number of carbonyl (C=O) groups is 1. The van der Waals surface area contributed by atoms with Gasteiger partial charge in [0.1, 0.15) is 6.10 Å². The zero-order valence-corrected chi connectivity index (χ0v) is 17.0. The molecule has 2 aliphatic rings. The van der Waals surface area contributed by atoms with E-state index in [9.17, 15) is 4.79 Å². The molecule has 2 nitrogen and oxygen atoms in total. The maximum absolute atomic E-state index is 11.5. The summed E-state index contributed by atoms with van der Waals surface area (Å²) in [5.74, 6) is 0.485. The Morgan fingerprint density at radius 1 is 1.08 bits per heavy atom. The second-order valence-corrected chi connectivity index (χ2v) is 11.7. The van der Waals surface area contributed by atoms with Crippen molar-refractivity contribution in [1.29, 1.82) is 0 Å². The van der Waals surface area contributed by atoms with Crippen molar-refractivity contribution in [3.05, 3.63) is 47.0 Å². The molecular formula is C21H29ClO2Si. The molecular weight excluding hydrogens is 348 g/mol. The molecule has 1 heterocycles. The lowest BCUT2D eigenvalue weighted by Gasteiger charge is -2.36. The summed E-state index contributed by atoms with van der Waals surface area (Å²) in [6, 6.07) is 12.1. The Morgan fingerprint density at radius 2 is 1.72 bits per heavy atom. The first-order chi connectivity index (χ1) is 12.2. The first kappa shape index (κ1) is 18.7. The molecule has 136 valence electrons. The Morgan fingerprint density at radius 3 is 2.32 bits per heavy atom. The summed E-state index contributed by atoms with van der Waals surface area (Å²) < 4.78 is 5.46. The summed E-state index contributed by atoms with van der Waals surface area (Å²) in [5.41, 5.74) is 5.08. The average molecular weight is 377 g/mol. The Kier molecular flexibility index (Phi) is 6.77. The minimum Gasteiger partial charge on any atom is -0.459 e. The van der Waals surface area contributed by atoms with E-state index in [-0.39, 0.29) is 12.1 Å². The molecule has 1 saturated heterocycles. The quantitative estimate of drug-likeness (QED) is 0.382. The summed E-state index contributed by atoms with van der Waals surface area (Å²) in [4.78, 5) is 11.5. The minimum absolute atomic E-state index is 0.106. The summed E-state index contributed by atoms with van der Waals surface area (Å²) in [5, 5.41) is 0. The first-order valence-electron chi connectivity index (χ1n) is 9.69. The third kappa shape index (κ3) is 5.21. The van der Waals surface area contributed by atoms with Crippen LogP contribution < -0.4 is 0 Å². The van der Waals surface area contributed by atoms with Crippen LogP contribution in [0.25, 0.3) is 0 Å². The molecule has 0 unspecified atom stereocenters. The largest absolute Gasteiger partial charge is 0.459 e. The number of carbonyl (C=O) groups excluding carboxylic acids is 1. The van der Waals surface area contributed by atoms with Crippen molar-refractivity contribution in [2.45, 2.75) is 75.1 Å². The van der Waals surface area contributed by atoms with Crippen LogP contribution in [0, 0.1) is 6.92 Å². The van der Waals surface area contributed by atoms with Gasteiger partial charge in [-0.1, -0.05) is 53.5 Å². The zero-order valence-electron chi connectivity index (χ0n) is 15.1. The van der Waals surface area contributed by atoms with Gasteiger partial charge in [0, 0.05) is 20.4 Å². The monoisotopic (exact) mass is 376 g/mol. The number of esters is 1. The van der Waals surface area contributed by atoms with E-state index in [0.717, 1.165) is 24.3 Å². The van der Waals surface area contributed by atoms with Crippen LogP contribution in [0.2, 0.25) is 17.6 Å². The van der Waals surface area contributed by atoms with Crippen molar-refractivity contribution in [3.8, 4) is 0 Å². The molecule has 0 bridgehead atoms. The highest BCUT2D eigenvalue weighted by Crippen LogP contribution is 2.42. The summed E-state index contributed by atoms with van der Waals surface area (Å²) in [6.45, 7) is 2.16. The van der Waals surface area contributed by atoms with Crippen LogP contribution in [-0.4, -0.2) is 20.9 Å². The molecule has 25 heavy (non-hydrogen) atoms. The first-order valence-corrected chi connectivity index (χ1v) is 12.4. The van der Waals surface area contributed by atoms with E-state index in [0.29, 0.717) is 0 Å². The topological polar surface area (TPSA) is 26.3 Å². The lowest BCUT2D eigenvalue weighted by molar-refractivity contribution is -0.144. The second-order valence-electron chi connectivity index (χ2n) is 7.79. The van der Waals surface area contributed by atoms with Crippen molar-refractivity contribution in [2.75, 3.05) is 0 Å². The number of rotatable bonds is 4. The van der Waals surface area contributed by atoms with Gasteiger partial charge >= 0.3 is 5.97 Å². The molecule has 1 aromatic carbocycles. The number of hydrogen-bond donors (Lipinski definition) is 0. The Balaban J connectivity index is 1.43. The molecule has 4 heteroatoms. The molecule has 0 amide bonds. The highest BCUT2D eigenvalue weighted by molar-refractivity contribution is 6.60. The zero-order chi connectivity index (χ0) is 17.6. The molecule has 0 aromatic heterocycles. The molecule has 3 rings (SSSR count). The van der Waals surface area contributed by atoms with Gasteiger partial charge in [-0.25, -0.2) is 4.79 Å². The third-order valence-electron chi connectivity index (χ3n) is 6.19. The molecule has 2 fully saturated rings. The Hall–Kier alpha value is -1.06. The normalized spacial score (nSPS) is 30.3. The van der Waals surface area contributed by atoms with E-state index >= 15 is 0 Å². The van der Waals surface area contributed by atoms with E-state index in [2.05, 4.69) is 31.2 Å². The molecule has 1 saturated carbocycles. The van der Waals surface area contributed by atoms with Crippen molar-refractivity contribution < 1.29 is 9.53 Å². The number of ether oxygens (including phenoxy) is 1. The summed E-state index contributed by atoms with van der Waals surface area (Å²) in [7, 11) is -0.631. The van der Waals surface area contributed by atoms with Gasteiger partial charge in [0.15, 0.2) is 0 Å². The lowest BCUT2D eigenvalue weighted by atomic mass is 9.93. The van der Waals surface area contributed by atoms with Crippen LogP contribution in [0.5, 0.6) is 0 Å². The molecule has 0 spiro atoms. The van der Waals surface area contributed by atoms with Crippen LogP contribution >= 0.6 is 11.6 Å². The summed E-state index contributed by atoms with van der Waals surface area (Å²) >= 11 is 5.43. The lowest BCUT2D eigenvalue weighted by Crippen LogP contribution is -2.31. The van der Waals surface area contributed by atoms with Gasteiger partial charge in [-0.05, 0) is 62.5 Å². The number of aryl methyl sites for hydroxylation is 1. The maximum Gasteiger partial charge on any atom is 0.331 e. The van der Waals surface area contributed by atoms with Crippen LogP contribution in [0.15, 0.2) is 35.9 Å². The maximum atomic E-state index is 11.5. The third-order valence-corrected chi connectivity index (χ3v) is 10.5. The van der Waals surface area contributed by atoms with E-state index < -0.39 is 8.80 Å². The molecule has 1 aliphatic carbocycles. The number of halogens is 1. The van der Waals surface area contributed by atoms with Gasteiger partial charge in [-0.2, -0.15) is 0 Å². The minimum atomic E-state index is -0.631. The molecule has 1 aliphatic heterocycles. The van der Waals surface area contributed by atoms with Gasteiger partial charge in [0.25, 0.3) is 0 Å². The van der Waals surface area contributed by atoms with Crippen molar-refractivity contribution in [3.63, 3.8) is 0 Å². The number of hydrogen-bond acceptors (Lipinski definition) is 2. The van der Waals surface area contributed by atoms with Crippen molar-refractivity contribution in [1.82, 2.24) is 0 Å². The van der Waals surface area contributed by atoms with Gasteiger partial charge in [-0.3, -0.25) is 0 Å². The van der Waals surface area contributed by atoms with Crippen LogP contribution in [0.4, 0.5) is 0 Å². The highest BCUT2D eigenvalue weighted by atomic mass is 35.5. The second kappa shape index (κ2) is 9.04. The van der Waals surface area contributed by atoms with E-state index in [4.69, 9.17) is 16.3 Å². The van der Waals surface area contributed by atoms with E-state index in [1.807, 2.05) is 0 Å². The standard InChI is InChI=1S/C21H29ClO2Si/c1-16-2-4-17(5-3-16)18-11-14-25(15-12-18)20-8-6-19(7-9-20)24-21(23)10-13-22/h2-5,10,13,18-20,25H,6-9,11-12,14-15H2,1H3. The Labute approximate surface area is 158 Å². The SMILES string of the molecule is Cc1ccc(C2CC[SiH](C3CCC(OC(=O)C=CCl)CC3)CC2)cc1. The molecule has 0 atom stereocenters. The van der Waals surface area contributed by atoms with E-state index in [1.54, 1.807) is 5.56 Å². The molecule has 0 radical (unpaired) electrons. The average Bonchev–Trinajstić information content (AvgIpc) is 2.63. The van der Waals surface area contributed by atoms with Crippen LogP contribution in [-0.2, 0) is 9.53 Å². The number of benzene rings is 1. The highest BCUT2D eigenvalue weighted by Gasteiger charge is 2.32. The molecule has 0 N–H and O–H groups in total. The predicted molar refractivity (Wildman–Crippen MR) is 107 cm³/mol.